The maximum atomic E-state index is 12.9. The van der Waals surface area contributed by atoms with E-state index in [1.807, 2.05) is 24.7 Å². The van der Waals surface area contributed by atoms with E-state index in [-0.39, 0.29) is 20.0 Å². The van der Waals surface area contributed by atoms with E-state index in [0.29, 0.717) is 26.2 Å². The predicted octanol–water partition coefficient (Wildman–Crippen LogP) is 3.68. The zero-order valence-corrected chi connectivity index (χ0v) is 18.2. The molecule has 0 atom stereocenters. The molecule has 1 aliphatic heterocycles. The lowest BCUT2D eigenvalue weighted by Crippen LogP contribution is -2.48. The molecule has 0 amide bonds. The van der Waals surface area contributed by atoms with Crippen LogP contribution in [0.3, 0.4) is 0 Å². The van der Waals surface area contributed by atoms with Crippen LogP contribution in [0.5, 0.6) is 0 Å². The minimum atomic E-state index is -3.72. The van der Waals surface area contributed by atoms with Gasteiger partial charge in [-0.25, -0.2) is 8.42 Å². The van der Waals surface area contributed by atoms with Crippen molar-refractivity contribution >= 4 is 44.8 Å². The van der Waals surface area contributed by atoms with Crippen molar-refractivity contribution in [2.75, 3.05) is 26.2 Å². The van der Waals surface area contributed by atoms with E-state index in [0.717, 1.165) is 18.8 Å². The minimum absolute atomic E-state index is 0.00733. The van der Waals surface area contributed by atoms with E-state index >= 15 is 0 Å². The molecular formula is C17H21Cl3N4O2S. The summed E-state index contributed by atoms with van der Waals surface area (Å²) in [6, 6.07) is 2.68. The van der Waals surface area contributed by atoms with Gasteiger partial charge < -0.3 is 0 Å². The van der Waals surface area contributed by atoms with E-state index in [2.05, 4.69) is 10.00 Å². The van der Waals surface area contributed by atoms with Crippen molar-refractivity contribution < 1.29 is 8.42 Å². The third kappa shape index (κ3) is 4.44. The minimum Gasteiger partial charge on any atom is -0.296 e. The van der Waals surface area contributed by atoms with Crippen LogP contribution in [0.25, 0.3) is 0 Å². The molecule has 1 aromatic heterocycles. The fourth-order valence-corrected chi connectivity index (χ4v) is 5.48. The highest BCUT2D eigenvalue weighted by Crippen LogP contribution is 2.33. The topological polar surface area (TPSA) is 58.4 Å². The largest absolute Gasteiger partial charge is 0.296 e. The molecule has 10 heteroatoms. The van der Waals surface area contributed by atoms with Crippen molar-refractivity contribution in [3.8, 4) is 0 Å². The second-order valence-corrected chi connectivity index (χ2v) is 9.60. The molecule has 1 fully saturated rings. The number of halogens is 3. The Morgan fingerprint density at radius 3 is 2.26 bits per heavy atom. The average Bonchev–Trinajstić information content (AvgIpc) is 2.98. The van der Waals surface area contributed by atoms with E-state index in [1.54, 1.807) is 0 Å². The van der Waals surface area contributed by atoms with Crippen molar-refractivity contribution in [2.45, 2.75) is 31.8 Å². The van der Waals surface area contributed by atoms with Gasteiger partial charge in [0, 0.05) is 51.0 Å². The van der Waals surface area contributed by atoms with Crippen molar-refractivity contribution in [3.05, 3.63) is 44.7 Å². The Labute approximate surface area is 174 Å². The first-order chi connectivity index (χ1) is 12.7. The van der Waals surface area contributed by atoms with E-state index < -0.39 is 10.0 Å². The number of aryl methyl sites for hydroxylation is 2. The summed E-state index contributed by atoms with van der Waals surface area (Å²) < 4.78 is 29.2. The number of hydrogen-bond donors (Lipinski definition) is 0. The molecule has 1 aromatic carbocycles. The molecule has 6 nitrogen and oxygen atoms in total. The average molecular weight is 452 g/mol. The molecule has 2 heterocycles. The fourth-order valence-electron chi connectivity index (χ4n) is 3.09. The first-order valence-corrected chi connectivity index (χ1v) is 11.2. The number of nitrogens with zero attached hydrogens (tertiary/aromatic N) is 4. The molecule has 27 heavy (non-hydrogen) atoms. The Bertz CT molecular complexity index is 938. The summed E-state index contributed by atoms with van der Waals surface area (Å²) >= 11 is 18.0. The summed E-state index contributed by atoms with van der Waals surface area (Å²) in [4.78, 5) is 2.22. The lowest BCUT2D eigenvalue weighted by atomic mass is 10.2. The monoisotopic (exact) mass is 450 g/mol. The van der Waals surface area contributed by atoms with Crippen LogP contribution >= 0.6 is 34.8 Å². The third-order valence-corrected chi connectivity index (χ3v) is 7.78. The van der Waals surface area contributed by atoms with Crippen molar-refractivity contribution in [1.82, 2.24) is 19.0 Å². The summed E-state index contributed by atoms with van der Waals surface area (Å²) in [5.74, 6) is 0. The fraction of sp³-hybridized carbons (Fsp3) is 0.471. The molecule has 0 bridgehead atoms. The number of hydrogen-bond acceptors (Lipinski definition) is 4. The summed E-state index contributed by atoms with van der Waals surface area (Å²) in [6.45, 7) is 7.68. The highest BCUT2D eigenvalue weighted by molar-refractivity contribution is 7.89. The molecular weight excluding hydrogens is 431 g/mol. The van der Waals surface area contributed by atoms with Crippen molar-refractivity contribution in [1.29, 1.82) is 0 Å². The Morgan fingerprint density at radius 1 is 1.04 bits per heavy atom. The summed E-state index contributed by atoms with van der Waals surface area (Å²) in [5.41, 5.74) is 2.18. The van der Waals surface area contributed by atoms with Gasteiger partial charge in [-0.15, -0.1) is 0 Å². The Kier molecular flexibility index (Phi) is 6.40. The second-order valence-electron chi connectivity index (χ2n) is 6.47. The first-order valence-electron chi connectivity index (χ1n) is 8.62. The highest BCUT2D eigenvalue weighted by atomic mass is 35.5. The molecule has 0 N–H and O–H groups in total. The molecule has 2 aromatic rings. The predicted molar refractivity (Wildman–Crippen MR) is 108 cm³/mol. The van der Waals surface area contributed by atoms with Gasteiger partial charge in [-0.05, 0) is 26.0 Å². The van der Waals surface area contributed by atoms with Crippen molar-refractivity contribution in [2.24, 2.45) is 0 Å². The quantitative estimate of drug-likeness (QED) is 0.651. The van der Waals surface area contributed by atoms with Gasteiger partial charge in [0.1, 0.15) is 4.90 Å². The van der Waals surface area contributed by atoms with Crippen LogP contribution < -0.4 is 0 Å². The van der Waals surface area contributed by atoms with Crippen LogP contribution in [0.1, 0.15) is 18.2 Å². The van der Waals surface area contributed by atoms with E-state index in [9.17, 15) is 8.42 Å². The number of benzene rings is 1. The Hall–Kier alpha value is -0.830. The van der Waals surface area contributed by atoms with Crippen LogP contribution in [0.15, 0.2) is 23.2 Å². The summed E-state index contributed by atoms with van der Waals surface area (Å²) in [7, 11) is -3.72. The third-order valence-electron chi connectivity index (χ3n) is 4.69. The van der Waals surface area contributed by atoms with Crippen LogP contribution in [0.2, 0.25) is 15.1 Å². The zero-order chi connectivity index (χ0) is 19.8. The Morgan fingerprint density at radius 2 is 1.67 bits per heavy atom. The standard InChI is InChI=1S/C17H21Cl3N4O2S/c1-3-23-11-13(12(2)21-23)10-22-4-6-24(7-5-22)27(25,26)17-9-15(19)14(18)8-16(17)20/h8-9,11H,3-7,10H2,1-2H3. The number of sulfonamides is 1. The number of aromatic nitrogens is 2. The lowest BCUT2D eigenvalue weighted by molar-refractivity contribution is 0.181. The Balaban J connectivity index is 1.69. The van der Waals surface area contributed by atoms with Gasteiger partial charge in [0.05, 0.1) is 20.8 Å². The highest BCUT2D eigenvalue weighted by Gasteiger charge is 2.31. The lowest BCUT2D eigenvalue weighted by Gasteiger charge is -2.34. The van der Waals surface area contributed by atoms with Crippen LogP contribution in [0, 0.1) is 6.92 Å². The molecule has 0 saturated carbocycles. The van der Waals surface area contributed by atoms with Gasteiger partial charge in [-0.3, -0.25) is 9.58 Å². The van der Waals surface area contributed by atoms with Gasteiger partial charge >= 0.3 is 0 Å². The van der Waals surface area contributed by atoms with E-state index in [1.165, 1.54) is 22.0 Å². The van der Waals surface area contributed by atoms with E-state index in [4.69, 9.17) is 34.8 Å². The summed E-state index contributed by atoms with van der Waals surface area (Å²) in [5, 5.41) is 4.94. The molecule has 0 spiro atoms. The van der Waals surface area contributed by atoms with Crippen LogP contribution in [0.4, 0.5) is 0 Å². The normalized spacial score (nSPS) is 16.8. The molecule has 1 saturated heterocycles. The first kappa shape index (κ1) is 20.9. The SMILES string of the molecule is CCn1cc(CN2CCN(S(=O)(=O)c3cc(Cl)c(Cl)cc3Cl)CC2)c(C)n1. The van der Waals surface area contributed by atoms with Gasteiger partial charge in [0.25, 0.3) is 0 Å². The second kappa shape index (κ2) is 8.27. The number of piperazine rings is 1. The molecule has 0 radical (unpaired) electrons. The van der Waals surface area contributed by atoms with Gasteiger partial charge in [-0.2, -0.15) is 9.40 Å². The smallest absolute Gasteiger partial charge is 0.244 e. The molecule has 1 aliphatic rings. The zero-order valence-electron chi connectivity index (χ0n) is 15.1. The number of rotatable bonds is 5. The van der Waals surface area contributed by atoms with Crippen LogP contribution in [-0.2, 0) is 23.1 Å². The van der Waals surface area contributed by atoms with Crippen LogP contribution in [-0.4, -0.2) is 53.6 Å². The van der Waals surface area contributed by atoms with Crippen molar-refractivity contribution in [3.63, 3.8) is 0 Å². The summed E-state index contributed by atoms with van der Waals surface area (Å²) in [6.07, 6.45) is 2.05. The van der Waals surface area contributed by atoms with Gasteiger partial charge in [-0.1, -0.05) is 34.8 Å². The maximum absolute atomic E-state index is 12.9. The van der Waals surface area contributed by atoms with Gasteiger partial charge in [0.2, 0.25) is 10.0 Å². The maximum Gasteiger partial charge on any atom is 0.244 e. The van der Waals surface area contributed by atoms with Gasteiger partial charge in [0.15, 0.2) is 0 Å². The molecule has 3 rings (SSSR count). The molecule has 0 aliphatic carbocycles. The molecule has 148 valence electrons. The molecule has 0 unspecified atom stereocenters.